The Morgan fingerprint density at radius 2 is 2.44 bits per heavy atom. The van der Waals surface area contributed by atoms with Gasteiger partial charge in [-0.1, -0.05) is 6.07 Å². The molecular formula is C12H19N3O. The third-order valence-electron chi connectivity index (χ3n) is 3.08. The smallest absolute Gasteiger partial charge is 0.0749 e. The SMILES string of the molecule is CC1CCC(C(Cc2ccccn2)NN)O1. The third-order valence-corrected chi connectivity index (χ3v) is 3.08. The van der Waals surface area contributed by atoms with Crippen LogP contribution in [0.1, 0.15) is 25.5 Å². The lowest BCUT2D eigenvalue weighted by Crippen LogP contribution is -2.45. The molecule has 0 bridgehead atoms. The molecule has 0 aromatic carbocycles. The Bertz CT molecular complexity index is 317. The van der Waals surface area contributed by atoms with Crippen LogP contribution in [0.3, 0.4) is 0 Å². The molecule has 0 amide bonds. The number of hydrazine groups is 1. The molecule has 1 saturated heterocycles. The Balaban J connectivity index is 1.96. The van der Waals surface area contributed by atoms with Gasteiger partial charge in [0.1, 0.15) is 0 Å². The van der Waals surface area contributed by atoms with Gasteiger partial charge in [-0.2, -0.15) is 0 Å². The standard InChI is InChI=1S/C12H19N3O/c1-9-5-6-12(16-9)11(15-13)8-10-4-2-3-7-14-10/h2-4,7,9,11-12,15H,5-6,8,13H2,1H3. The van der Waals surface area contributed by atoms with Crippen LogP contribution in [-0.4, -0.2) is 23.2 Å². The van der Waals surface area contributed by atoms with Gasteiger partial charge in [-0.3, -0.25) is 16.3 Å². The summed E-state index contributed by atoms with van der Waals surface area (Å²) in [6.45, 7) is 2.11. The second-order valence-corrected chi connectivity index (χ2v) is 4.36. The lowest BCUT2D eigenvalue weighted by Gasteiger charge is -2.22. The molecule has 4 nitrogen and oxygen atoms in total. The van der Waals surface area contributed by atoms with Crippen LogP contribution in [0, 0.1) is 0 Å². The Kier molecular flexibility index (Phi) is 3.88. The molecule has 4 heteroatoms. The van der Waals surface area contributed by atoms with E-state index < -0.39 is 0 Å². The summed E-state index contributed by atoms with van der Waals surface area (Å²) in [5, 5.41) is 0. The van der Waals surface area contributed by atoms with E-state index in [0.717, 1.165) is 25.0 Å². The molecule has 1 aromatic heterocycles. The number of nitrogens with two attached hydrogens (primary N) is 1. The Morgan fingerprint density at radius 1 is 1.56 bits per heavy atom. The number of hydrogen-bond donors (Lipinski definition) is 2. The molecule has 1 aromatic rings. The lowest BCUT2D eigenvalue weighted by atomic mass is 10.0. The first-order valence-corrected chi connectivity index (χ1v) is 5.81. The maximum absolute atomic E-state index is 5.82. The number of ether oxygens (including phenoxy) is 1. The number of pyridine rings is 1. The van der Waals surface area contributed by atoms with Gasteiger partial charge >= 0.3 is 0 Å². The average molecular weight is 221 g/mol. The molecular weight excluding hydrogens is 202 g/mol. The topological polar surface area (TPSA) is 60.2 Å². The van der Waals surface area contributed by atoms with Crippen molar-refractivity contribution in [2.75, 3.05) is 0 Å². The van der Waals surface area contributed by atoms with Crippen LogP contribution in [0.5, 0.6) is 0 Å². The second-order valence-electron chi connectivity index (χ2n) is 4.36. The van der Waals surface area contributed by atoms with Crippen molar-refractivity contribution < 1.29 is 4.74 Å². The predicted octanol–water partition coefficient (Wildman–Crippen LogP) is 1.02. The Morgan fingerprint density at radius 3 is 3.00 bits per heavy atom. The highest BCUT2D eigenvalue weighted by molar-refractivity contribution is 5.06. The maximum atomic E-state index is 5.82. The van der Waals surface area contributed by atoms with Gasteiger partial charge in [0, 0.05) is 18.3 Å². The molecule has 0 aliphatic carbocycles. The summed E-state index contributed by atoms with van der Waals surface area (Å²) in [4.78, 5) is 4.31. The summed E-state index contributed by atoms with van der Waals surface area (Å²) in [7, 11) is 0. The molecule has 3 unspecified atom stereocenters. The minimum atomic E-state index is 0.153. The molecule has 3 N–H and O–H groups in total. The Labute approximate surface area is 96.2 Å². The zero-order chi connectivity index (χ0) is 11.4. The fourth-order valence-corrected chi connectivity index (χ4v) is 2.17. The third kappa shape index (κ3) is 2.78. The van der Waals surface area contributed by atoms with Crippen LogP contribution >= 0.6 is 0 Å². The van der Waals surface area contributed by atoms with Gasteiger partial charge in [0.05, 0.1) is 18.2 Å². The van der Waals surface area contributed by atoms with Crippen molar-refractivity contribution >= 4 is 0 Å². The highest BCUT2D eigenvalue weighted by atomic mass is 16.5. The van der Waals surface area contributed by atoms with Crippen LogP contribution in [0.15, 0.2) is 24.4 Å². The average Bonchev–Trinajstić information content (AvgIpc) is 2.74. The van der Waals surface area contributed by atoms with Crippen LogP contribution in [0.2, 0.25) is 0 Å². The number of hydrogen-bond acceptors (Lipinski definition) is 4. The van der Waals surface area contributed by atoms with Gasteiger partial charge in [-0.15, -0.1) is 0 Å². The minimum Gasteiger partial charge on any atom is -0.374 e. The van der Waals surface area contributed by atoms with Crippen molar-refractivity contribution in [1.29, 1.82) is 0 Å². The van der Waals surface area contributed by atoms with E-state index in [4.69, 9.17) is 10.6 Å². The molecule has 0 radical (unpaired) electrons. The largest absolute Gasteiger partial charge is 0.374 e. The highest BCUT2D eigenvalue weighted by Gasteiger charge is 2.29. The summed E-state index contributed by atoms with van der Waals surface area (Å²) in [6.07, 6.45) is 5.37. The van der Waals surface area contributed by atoms with Crippen molar-refractivity contribution in [2.45, 2.75) is 44.4 Å². The monoisotopic (exact) mass is 221 g/mol. The van der Waals surface area contributed by atoms with E-state index in [1.807, 2.05) is 18.2 Å². The molecule has 2 rings (SSSR count). The van der Waals surface area contributed by atoms with Crippen molar-refractivity contribution in [3.05, 3.63) is 30.1 Å². The quantitative estimate of drug-likeness (QED) is 0.589. The van der Waals surface area contributed by atoms with Gasteiger partial charge in [0.15, 0.2) is 0 Å². The highest BCUT2D eigenvalue weighted by Crippen LogP contribution is 2.22. The maximum Gasteiger partial charge on any atom is 0.0749 e. The zero-order valence-corrected chi connectivity index (χ0v) is 9.60. The predicted molar refractivity (Wildman–Crippen MR) is 62.6 cm³/mol. The summed E-state index contributed by atoms with van der Waals surface area (Å²) in [5.41, 5.74) is 3.90. The molecule has 88 valence electrons. The molecule has 2 heterocycles. The van der Waals surface area contributed by atoms with Gasteiger partial charge in [0.25, 0.3) is 0 Å². The number of nitrogens with zero attached hydrogens (tertiary/aromatic N) is 1. The fourth-order valence-electron chi connectivity index (χ4n) is 2.17. The molecule has 16 heavy (non-hydrogen) atoms. The summed E-state index contributed by atoms with van der Waals surface area (Å²) in [6, 6.07) is 6.08. The number of rotatable bonds is 4. The van der Waals surface area contributed by atoms with Crippen LogP contribution in [0.25, 0.3) is 0 Å². The van der Waals surface area contributed by atoms with Crippen molar-refractivity contribution in [2.24, 2.45) is 5.84 Å². The molecule has 3 atom stereocenters. The van der Waals surface area contributed by atoms with Crippen molar-refractivity contribution in [3.63, 3.8) is 0 Å². The molecule has 1 fully saturated rings. The lowest BCUT2D eigenvalue weighted by molar-refractivity contribution is 0.0318. The first-order valence-electron chi connectivity index (χ1n) is 5.81. The summed E-state index contributed by atoms with van der Waals surface area (Å²) < 4.78 is 5.82. The number of aromatic nitrogens is 1. The second kappa shape index (κ2) is 5.39. The van der Waals surface area contributed by atoms with Crippen molar-refractivity contribution in [1.82, 2.24) is 10.4 Å². The normalized spacial score (nSPS) is 26.9. The molecule has 0 spiro atoms. The summed E-state index contributed by atoms with van der Waals surface area (Å²) in [5.74, 6) is 5.59. The van der Waals surface area contributed by atoms with E-state index in [0.29, 0.717) is 6.10 Å². The van der Waals surface area contributed by atoms with Gasteiger partial charge < -0.3 is 4.74 Å². The van der Waals surface area contributed by atoms with E-state index >= 15 is 0 Å². The number of nitrogens with one attached hydrogen (secondary N) is 1. The van der Waals surface area contributed by atoms with Crippen molar-refractivity contribution in [3.8, 4) is 0 Å². The minimum absolute atomic E-state index is 0.153. The molecule has 1 aliphatic rings. The van der Waals surface area contributed by atoms with E-state index in [1.165, 1.54) is 0 Å². The molecule has 0 saturated carbocycles. The van der Waals surface area contributed by atoms with Crippen LogP contribution < -0.4 is 11.3 Å². The fraction of sp³-hybridized carbons (Fsp3) is 0.583. The van der Waals surface area contributed by atoms with E-state index in [9.17, 15) is 0 Å². The van der Waals surface area contributed by atoms with Crippen LogP contribution in [0.4, 0.5) is 0 Å². The Hall–Kier alpha value is -0.970. The van der Waals surface area contributed by atoms with Crippen LogP contribution in [-0.2, 0) is 11.2 Å². The van der Waals surface area contributed by atoms with Gasteiger partial charge in [-0.05, 0) is 31.9 Å². The van der Waals surface area contributed by atoms with Gasteiger partial charge in [0.2, 0.25) is 0 Å². The first kappa shape index (κ1) is 11.5. The zero-order valence-electron chi connectivity index (χ0n) is 9.60. The summed E-state index contributed by atoms with van der Waals surface area (Å²) >= 11 is 0. The van der Waals surface area contributed by atoms with E-state index in [-0.39, 0.29) is 12.1 Å². The van der Waals surface area contributed by atoms with E-state index in [1.54, 1.807) is 6.20 Å². The first-order chi connectivity index (χ1) is 7.79. The van der Waals surface area contributed by atoms with E-state index in [2.05, 4.69) is 17.3 Å². The van der Waals surface area contributed by atoms with Gasteiger partial charge in [-0.25, -0.2) is 0 Å². The molecule has 1 aliphatic heterocycles.